The lowest BCUT2D eigenvalue weighted by Crippen LogP contribution is -2.38. The summed E-state index contributed by atoms with van der Waals surface area (Å²) >= 11 is 5.98. The van der Waals surface area contributed by atoms with Gasteiger partial charge in [-0.1, -0.05) is 29.8 Å². The molecule has 0 atom stereocenters. The molecule has 8 heteroatoms. The molecule has 1 fully saturated rings. The number of nitrogens with one attached hydrogen (secondary N) is 1. The lowest BCUT2D eigenvalue weighted by molar-refractivity contribution is 0.0710. The molecule has 1 saturated heterocycles. The molecular weight excluding hydrogens is 478 g/mol. The van der Waals surface area contributed by atoms with Crippen LogP contribution in [0.2, 0.25) is 5.02 Å². The minimum absolute atomic E-state index is 0.0513. The first-order valence-electron chi connectivity index (χ1n) is 12.1. The van der Waals surface area contributed by atoms with Gasteiger partial charge in [-0.3, -0.25) is 14.6 Å². The van der Waals surface area contributed by atoms with Crippen LogP contribution in [0.1, 0.15) is 63.4 Å². The van der Waals surface area contributed by atoms with Crippen molar-refractivity contribution in [3.8, 4) is 11.5 Å². The normalized spacial score (nSPS) is 13.9. The summed E-state index contributed by atoms with van der Waals surface area (Å²) in [5.74, 6) is 0.465. The fourth-order valence-electron chi connectivity index (χ4n) is 4.48. The molecule has 0 saturated carbocycles. The number of nitrogens with zero attached hydrogens (tertiary/aromatic N) is 2. The highest BCUT2D eigenvalue weighted by Crippen LogP contribution is 2.31. The number of benzene rings is 2. The van der Waals surface area contributed by atoms with Crippen LogP contribution in [0, 0.1) is 6.92 Å². The number of aromatic hydroxyl groups is 1. The molecule has 0 spiro atoms. The van der Waals surface area contributed by atoms with E-state index in [4.69, 9.17) is 21.3 Å². The van der Waals surface area contributed by atoms with E-state index in [1.807, 2.05) is 50.2 Å². The van der Waals surface area contributed by atoms with Crippen molar-refractivity contribution in [1.29, 1.82) is 0 Å². The zero-order valence-corrected chi connectivity index (χ0v) is 21.2. The number of para-hydroxylation sites is 1. The predicted octanol–water partition coefficient (Wildman–Crippen LogP) is 5.10. The monoisotopic (exact) mass is 507 g/mol. The number of phenols is 1. The Hall–Kier alpha value is -3.58. The van der Waals surface area contributed by atoms with Gasteiger partial charge in [-0.25, -0.2) is 0 Å². The Morgan fingerprint density at radius 3 is 2.61 bits per heavy atom. The average molecular weight is 508 g/mol. The summed E-state index contributed by atoms with van der Waals surface area (Å²) in [6, 6.07) is 15.8. The molecule has 4 rings (SSSR count). The zero-order valence-electron chi connectivity index (χ0n) is 20.5. The van der Waals surface area contributed by atoms with Crippen LogP contribution in [0.5, 0.6) is 11.5 Å². The van der Waals surface area contributed by atoms with E-state index < -0.39 is 0 Å². The second kappa shape index (κ2) is 11.4. The minimum atomic E-state index is -0.180. The summed E-state index contributed by atoms with van der Waals surface area (Å²) in [5.41, 5.74) is 3.53. The third-order valence-electron chi connectivity index (χ3n) is 6.38. The molecule has 2 aromatic carbocycles. The second-order valence-corrected chi connectivity index (χ2v) is 9.25. The van der Waals surface area contributed by atoms with Crippen LogP contribution < -0.4 is 10.1 Å². The number of hydrogen-bond donors (Lipinski definition) is 2. The van der Waals surface area contributed by atoms with Gasteiger partial charge in [0.2, 0.25) is 0 Å². The highest BCUT2D eigenvalue weighted by atomic mass is 35.5. The van der Waals surface area contributed by atoms with Gasteiger partial charge < -0.3 is 20.1 Å². The molecule has 1 aliphatic rings. The van der Waals surface area contributed by atoms with Gasteiger partial charge in [0.1, 0.15) is 11.5 Å². The van der Waals surface area contributed by atoms with Crippen molar-refractivity contribution in [2.24, 2.45) is 0 Å². The number of piperidine rings is 1. The average Bonchev–Trinajstić information content (AvgIpc) is 2.89. The van der Waals surface area contributed by atoms with Gasteiger partial charge in [-0.15, -0.1) is 0 Å². The lowest BCUT2D eigenvalue weighted by Gasteiger charge is -2.32. The molecule has 36 heavy (non-hydrogen) atoms. The van der Waals surface area contributed by atoms with E-state index in [9.17, 15) is 14.7 Å². The summed E-state index contributed by atoms with van der Waals surface area (Å²) in [5, 5.41) is 12.8. The number of ether oxygens (including phenoxy) is 1. The van der Waals surface area contributed by atoms with Crippen molar-refractivity contribution in [3.63, 3.8) is 0 Å². The van der Waals surface area contributed by atoms with Gasteiger partial charge >= 0.3 is 0 Å². The van der Waals surface area contributed by atoms with E-state index in [1.165, 1.54) is 12.1 Å². The maximum Gasteiger partial charge on any atom is 0.253 e. The van der Waals surface area contributed by atoms with Crippen molar-refractivity contribution in [2.45, 2.75) is 39.2 Å². The van der Waals surface area contributed by atoms with Gasteiger partial charge in [0.25, 0.3) is 11.8 Å². The number of carbonyl (C=O) groups is 2. The highest BCUT2D eigenvalue weighted by Gasteiger charge is 2.28. The Labute approximate surface area is 216 Å². The third-order valence-corrected chi connectivity index (χ3v) is 6.69. The standard InChI is InChI=1S/C28H30ClN3O4/c1-3-36-25-7-5-4-6-21(25)17-30-27(34)22-10-8-18(2)31-26(22)19-12-14-32(15-13-19)28(35)20-9-11-24(33)23(29)16-20/h4-11,16,19,33H,3,12-15,17H2,1-2H3,(H,30,34). The number of aromatic nitrogens is 1. The van der Waals surface area contributed by atoms with E-state index in [0.29, 0.717) is 50.2 Å². The van der Waals surface area contributed by atoms with Crippen molar-refractivity contribution >= 4 is 23.4 Å². The number of phenolic OH excluding ortho intramolecular Hbond substituents is 1. The summed E-state index contributed by atoms with van der Waals surface area (Å²) in [6.07, 6.45) is 1.39. The number of likely N-dealkylation sites (tertiary alicyclic amines) is 1. The minimum Gasteiger partial charge on any atom is -0.506 e. The van der Waals surface area contributed by atoms with Crippen molar-refractivity contribution in [3.05, 3.63) is 87.7 Å². The highest BCUT2D eigenvalue weighted by molar-refractivity contribution is 6.32. The van der Waals surface area contributed by atoms with Gasteiger partial charge in [-0.2, -0.15) is 0 Å². The van der Waals surface area contributed by atoms with Crippen LogP contribution in [0.15, 0.2) is 54.6 Å². The van der Waals surface area contributed by atoms with E-state index in [-0.39, 0.29) is 28.5 Å². The second-order valence-electron chi connectivity index (χ2n) is 8.84. The molecule has 7 nitrogen and oxygen atoms in total. The molecule has 2 amide bonds. The van der Waals surface area contributed by atoms with Crippen molar-refractivity contribution in [2.75, 3.05) is 19.7 Å². The van der Waals surface area contributed by atoms with Gasteiger partial charge in [0.05, 0.1) is 22.9 Å². The Balaban J connectivity index is 1.44. The van der Waals surface area contributed by atoms with Gasteiger partial charge in [0.15, 0.2) is 0 Å². The first-order valence-corrected chi connectivity index (χ1v) is 12.5. The van der Waals surface area contributed by atoms with Crippen LogP contribution in [-0.2, 0) is 6.54 Å². The Kier molecular flexibility index (Phi) is 8.10. The molecule has 0 aliphatic carbocycles. The SMILES string of the molecule is CCOc1ccccc1CNC(=O)c1ccc(C)nc1C1CCN(C(=O)c2ccc(O)c(Cl)c2)CC1. The van der Waals surface area contributed by atoms with Crippen LogP contribution in [-0.4, -0.2) is 46.5 Å². The van der Waals surface area contributed by atoms with Crippen LogP contribution in [0.4, 0.5) is 0 Å². The summed E-state index contributed by atoms with van der Waals surface area (Å²) in [4.78, 5) is 32.6. The number of hydrogen-bond acceptors (Lipinski definition) is 5. The molecule has 1 aliphatic heterocycles. The molecule has 0 unspecified atom stereocenters. The number of halogens is 1. The molecule has 0 radical (unpaired) electrons. The first kappa shape index (κ1) is 25.5. The van der Waals surface area contributed by atoms with E-state index in [0.717, 1.165) is 22.7 Å². The molecular formula is C28H30ClN3O4. The van der Waals surface area contributed by atoms with E-state index in [2.05, 4.69) is 5.32 Å². The molecule has 2 heterocycles. The van der Waals surface area contributed by atoms with E-state index >= 15 is 0 Å². The predicted molar refractivity (Wildman–Crippen MR) is 139 cm³/mol. The van der Waals surface area contributed by atoms with Gasteiger partial charge in [-0.05, 0) is 63.1 Å². The van der Waals surface area contributed by atoms with E-state index in [1.54, 1.807) is 11.0 Å². The Bertz CT molecular complexity index is 1260. The maximum atomic E-state index is 13.2. The topological polar surface area (TPSA) is 91.8 Å². The number of amides is 2. The maximum absolute atomic E-state index is 13.2. The summed E-state index contributed by atoms with van der Waals surface area (Å²) < 4.78 is 5.67. The van der Waals surface area contributed by atoms with Crippen LogP contribution >= 0.6 is 11.6 Å². The molecule has 1 aromatic heterocycles. The number of aryl methyl sites for hydroxylation is 1. The molecule has 188 valence electrons. The fourth-order valence-corrected chi connectivity index (χ4v) is 4.66. The molecule has 2 N–H and O–H groups in total. The number of carbonyl (C=O) groups excluding carboxylic acids is 2. The van der Waals surface area contributed by atoms with Crippen LogP contribution in [0.25, 0.3) is 0 Å². The smallest absolute Gasteiger partial charge is 0.253 e. The van der Waals surface area contributed by atoms with Crippen LogP contribution in [0.3, 0.4) is 0 Å². The number of pyridine rings is 1. The summed E-state index contributed by atoms with van der Waals surface area (Å²) in [6.45, 7) is 5.83. The zero-order chi connectivity index (χ0) is 25.7. The lowest BCUT2D eigenvalue weighted by atomic mass is 9.89. The Morgan fingerprint density at radius 2 is 1.89 bits per heavy atom. The van der Waals surface area contributed by atoms with Gasteiger partial charge in [0, 0.05) is 42.4 Å². The number of rotatable bonds is 7. The molecule has 0 bridgehead atoms. The first-order chi connectivity index (χ1) is 17.4. The fraction of sp³-hybridized carbons (Fsp3) is 0.321. The third kappa shape index (κ3) is 5.79. The quantitative estimate of drug-likeness (QED) is 0.464. The Morgan fingerprint density at radius 1 is 1.14 bits per heavy atom. The van der Waals surface area contributed by atoms with Crippen molar-refractivity contribution < 1.29 is 19.4 Å². The molecule has 3 aromatic rings. The summed E-state index contributed by atoms with van der Waals surface area (Å²) in [7, 11) is 0. The largest absolute Gasteiger partial charge is 0.506 e. The van der Waals surface area contributed by atoms with Crippen molar-refractivity contribution in [1.82, 2.24) is 15.2 Å².